The number of unbranched alkanes of at least 4 members (excludes halogenated alkanes) is 4. The molecule has 0 bridgehead atoms. The predicted molar refractivity (Wildman–Crippen MR) is 56.5 cm³/mol. The summed E-state index contributed by atoms with van der Waals surface area (Å²) in [4.78, 5) is 11.2. The van der Waals surface area contributed by atoms with E-state index in [2.05, 4.69) is 12.1 Å². The fourth-order valence-electron chi connectivity index (χ4n) is 1.60. The van der Waals surface area contributed by atoms with Gasteiger partial charge in [0.15, 0.2) is 0 Å². The molecule has 0 atom stereocenters. The standard InChI is InChI=1S/C11H19NO2/c1-3-4-5-6-7-8-10-9(2)14-12-11(10)13/h3-8H2,1-2H3,(H,12,13). The van der Waals surface area contributed by atoms with Gasteiger partial charge in [0.05, 0.1) is 5.56 Å². The summed E-state index contributed by atoms with van der Waals surface area (Å²) in [5.74, 6) is 0.741. The minimum absolute atomic E-state index is 0.0574. The molecule has 0 unspecified atom stereocenters. The van der Waals surface area contributed by atoms with Gasteiger partial charge in [0.1, 0.15) is 5.76 Å². The van der Waals surface area contributed by atoms with Crippen LogP contribution in [-0.2, 0) is 6.42 Å². The summed E-state index contributed by atoms with van der Waals surface area (Å²) >= 11 is 0. The quantitative estimate of drug-likeness (QED) is 0.713. The van der Waals surface area contributed by atoms with Crippen LogP contribution in [0.5, 0.6) is 0 Å². The third-order valence-corrected chi connectivity index (χ3v) is 2.53. The van der Waals surface area contributed by atoms with Crippen LogP contribution in [0.1, 0.15) is 50.4 Å². The SMILES string of the molecule is CCCCCCCc1c(C)o[nH]c1=O. The number of aryl methyl sites for hydroxylation is 1. The molecule has 3 nitrogen and oxygen atoms in total. The Bertz CT molecular complexity index is 311. The van der Waals surface area contributed by atoms with Crippen LogP contribution in [0.2, 0.25) is 0 Å². The smallest absolute Gasteiger partial charge is 0.283 e. The molecule has 1 rings (SSSR count). The van der Waals surface area contributed by atoms with Crippen molar-refractivity contribution < 1.29 is 4.52 Å². The number of nitrogens with one attached hydrogen (secondary N) is 1. The van der Waals surface area contributed by atoms with Gasteiger partial charge in [0.25, 0.3) is 5.56 Å². The zero-order chi connectivity index (χ0) is 10.4. The van der Waals surface area contributed by atoms with Gasteiger partial charge < -0.3 is 4.52 Å². The number of H-pyrrole nitrogens is 1. The zero-order valence-corrected chi connectivity index (χ0v) is 9.06. The summed E-state index contributed by atoms with van der Waals surface area (Å²) in [5.41, 5.74) is 0.763. The second-order valence-electron chi connectivity index (χ2n) is 3.73. The fourth-order valence-corrected chi connectivity index (χ4v) is 1.60. The topological polar surface area (TPSA) is 46.0 Å². The highest BCUT2D eigenvalue weighted by molar-refractivity contribution is 5.11. The molecule has 14 heavy (non-hydrogen) atoms. The zero-order valence-electron chi connectivity index (χ0n) is 9.06. The summed E-state index contributed by atoms with van der Waals surface area (Å²) in [6, 6.07) is 0. The first kappa shape index (κ1) is 11.1. The number of hydrogen-bond acceptors (Lipinski definition) is 2. The molecule has 1 heterocycles. The van der Waals surface area contributed by atoms with Crippen molar-refractivity contribution in [3.8, 4) is 0 Å². The third-order valence-electron chi connectivity index (χ3n) is 2.53. The predicted octanol–water partition coefficient (Wildman–Crippen LogP) is 2.79. The molecular formula is C11H19NO2. The van der Waals surface area contributed by atoms with Crippen molar-refractivity contribution in [3.63, 3.8) is 0 Å². The maximum absolute atomic E-state index is 11.2. The monoisotopic (exact) mass is 197 g/mol. The van der Waals surface area contributed by atoms with E-state index in [0.717, 1.165) is 24.2 Å². The molecule has 0 aliphatic heterocycles. The van der Waals surface area contributed by atoms with E-state index in [1.807, 2.05) is 6.92 Å². The highest BCUT2D eigenvalue weighted by Crippen LogP contribution is 2.08. The molecule has 0 radical (unpaired) electrons. The Morgan fingerprint density at radius 3 is 2.50 bits per heavy atom. The first-order valence-corrected chi connectivity index (χ1v) is 5.42. The summed E-state index contributed by atoms with van der Waals surface area (Å²) in [7, 11) is 0. The molecule has 0 aromatic carbocycles. The number of aromatic amines is 1. The van der Waals surface area contributed by atoms with Crippen molar-refractivity contribution in [3.05, 3.63) is 21.7 Å². The van der Waals surface area contributed by atoms with E-state index in [0.29, 0.717) is 0 Å². The third kappa shape index (κ3) is 3.05. The fraction of sp³-hybridized carbons (Fsp3) is 0.727. The Balaban J connectivity index is 2.28. The highest BCUT2D eigenvalue weighted by Gasteiger charge is 2.06. The van der Waals surface area contributed by atoms with E-state index in [9.17, 15) is 4.79 Å². The van der Waals surface area contributed by atoms with Crippen molar-refractivity contribution in [1.29, 1.82) is 0 Å². The molecule has 0 fully saturated rings. The minimum atomic E-state index is -0.0574. The molecule has 3 heteroatoms. The molecular weight excluding hydrogens is 178 g/mol. The summed E-state index contributed by atoms with van der Waals surface area (Å²) in [6.07, 6.45) is 6.96. The van der Waals surface area contributed by atoms with Gasteiger partial charge in [-0.3, -0.25) is 4.79 Å². The van der Waals surface area contributed by atoms with Crippen molar-refractivity contribution in [2.45, 2.75) is 52.4 Å². The highest BCUT2D eigenvalue weighted by atomic mass is 16.5. The second kappa shape index (κ2) is 5.68. The Kier molecular flexibility index (Phi) is 4.50. The minimum Gasteiger partial charge on any atom is -0.384 e. The van der Waals surface area contributed by atoms with Crippen molar-refractivity contribution >= 4 is 0 Å². The summed E-state index contributed by atoms with van der Waals surface area (Å²) < 4.78 is 4.94. The van der Waals surface area contributed by atoms with E-state index in [4.69, 9.17) is 4.52 Å². The molecule has 1 N–H and O–H groups in total. The average molecular weight is 197 g/mol. The van der Waals surface area contributed by atoms with Crippen LogP contribution in [0.3, 0.4) is 0 Å². The molecule has 80 valence electrons. The molecule has 0 aliphatic carbocycles. The lowest BCUT2D eigenvalue weighted by atomic mass is 10.1. The normalized spacial score (nSPS) is 10.7. The van der Waals surface area contributed by atoms with E-state index < -0.39 is 0 Å². The first-order chi connectivity index (χ1) is 6.75. The molecule has 0 spiro atoms. The average Bonchev–Trinajstić information content (AvgIpc) is 2.48. The van der Waals surface area contributed by atoms with Crippen LogP contribution in [-0.4, -0.2) is 5.16 Å². The largest absolute Gasteiger partial charge is 0.384 e. The van der Waals surface area contributed by atoms with Gasteiger partial charge >= 0.3 is 0 Å². The maximum atomic E-state index is 11.2. The van der Waals surface area contributed by atoms with E-state index >= 15 is 0 Å². The molecule has 0 saturated heterocycles. The second-order valence-corrected chi connectivity index (χ2v) is 3.73. The van der Waals surface area contributed by atoms with Crippen LogP contribution < -0.4 is 5.56 Å². The molecule has 1 aromatic rings. The van der Waals surface area contributed by atoms with Gasteiger partial charge in [0.2, 0.25) is 0 Å². The molecule has 0 amide bonds. The van der Waals surface area contributed by atoms with Gasteiger partial charge in [-0.25, -0.2) is 0 Å². The van der Waals surface area contributed by atoms with Crippen LogP contribution in [0.25, 0.3) is 0 Å². The van der Waals surface area contributed by atoms with Gasteiger partial charge in [0, 0.05) is 0 Å². The van der Waals surface area contributed by atoms with E-state index in [-0.39, 0.29) is 5.56 Å². The van der Waals surface area contributed by atoms with Gasteiger partial charge in [-0.1, -0.05) is 32.6 Å². The molecule has 0 aliphatic rings. The van der Waals surface area contributed by atoms with Crippen molar-refractivity contribution in [2.24, 2.45) is 0 Å². The van der Waals surface area contributed by atoms with Crippen LogP contribution in [0.4, 0.5) is 0 Å². The van der Waals surface area contributed by atoms with Crippen molar-refractivity contribution in [2.75, 3.05) is 0 Å². The Hall–Kier alpha value is -0.990. The Labute approximate surface area is 84.5 Å². The summed E-state index contributed by atoms with van der Waals surface area (Å²) in [6.45, 7) is 4.03. The summed E-state index contributed by atoms with van der Waals surface area (Å²) in [5, 5.41) is 2.36. The van der Waals surface area contributed by atoms with Gasteiger partial charge in [-0.05, 0) is 19.8 Å². The lowest BCUT2D eigenvalue weighted by molar-refractivity contribution is 0.391. The Morgan fingerprint density at radius 2 is 1.93 bits per heavy atom. The van der Waals surface area contributed by atoms with Crippen LogP contribution in [0.15, 0.2) is 9.32 Å². The number of hydrogen-bond donors (Lipinski definition) is 1. The van der Waals surface area contributed by atoms with E-state index in [1.165, 1.54) is 25.7 Å². The van der Waals surface area contributed by atoms with E-state index in [1.54, 1.807) is 0 Å². The molecule has 1 aromatic heterocycles. The van der Waals surface area contributed by atoms with Crippen LogP contribution in [0, 0.1) is 6.92 Å². The lowest BCUT2D eigenvalue weighted by Crippen LogP contribution is -2.05. The lowest BCUT2D eigenvalue weighted by Gasteiger charge is -1.97. The van der Waals surface area contributed by atoms with Crippen LogP contribution >= 0.6 is 0 Å². The molecule has 0 saturated carbocycles. The first-order valence-electron chi connectivity index (χ1n) is 5.42. The van der Waals surface area contributed by atoms with Gasteiger partial charge in [-0.15, -0.1) is 0 Å². The number of rotatable bonds is 6. The van der Waals surface area contributed by atoms with Crippen molar-refractivity contribution in [1.82, 2.24) is 5.16 Å². The Morgan fingerprint density at radius 1 is 1.21 bits per heavy atom. The maximum Gasteiger partial charge on any atom is 0.283 e. The number of aromatic nitrogens is 1. The van der Waals surface area contributed by atoms with Gasteiger partial charge in [-0.2, -0.15) is 5.16 Å².